The first-order chi connectivity index (χ1) is 39.5. The summed E-state index contributed by atoms with van der Waals surface area (Å²) in [5.41, 5.74) is 0. The van der Waals surface area contributed by atoms with Crippen LogP contribution in [0.15, 0.2) is 170 Å². The molecule has 0 aromatic rings. The molecule has 1 atom stereocenters. The summed E-state index contributed by atoms with van der Waals surface area (Å²) in [6.07, 6.45) is 98.0. The number of hydrogen-bond acceptors (Lipinski definition) is 6. The Bertz CT molecular complexity index is 1840. The van der Waals surface area contributed by atoms with Crippen LogP contribution >= 0.6 is 0 Å². The summed E-state index contributed by atoms with van der Waals surface area (Å²) in [5.74, 6) is -0.950. The third-order valence-electron chi connectivity index (χ3n) is 13.0. The highest BCUT2D eigenvalue weighted by atomic mass is 16.6. The first kappa shape index (κ1) is 74.8. The summed E-state index contributed by atoms with van der Waals surface area (Å²) < 4.78 is 16.8. The van der Waals surface area contributed by atoms with Crippen LogP contribution in [0.25, 0.3) is 0 Å². The summed E-state index contributed by atoms with van der Waals surface area (Å²) in [7, 11) is 0. The van der Waals surface area contributed by atoms with E-state index in [0.29, 0.717) is 19.3 Å². The van der Waals surface area contributed by atoms with Crippen LogP contribution in [-0.2, 0) is 28.6 Å². The van der Waals surface area contributed by atoms with Crippen molar-refractivity contribution in [3.63, 3.8) is 0 Å². The van der Waals surface area contributed by atoms with E-state index < -0.39 is 6.10 Å². The predicted octanol–water partition coefficient (Wildman–Crippen LogP) is 22.3. The molecule has 6 heteroatoms. The van der Waals surface area contributed by atoms with Gasteiger partial charge in [0.05, 0.1) is 0 Å². The molecule has 0 amide bonds. The number of carbonyl (C=O) groups is 3. The van der Waals surface area contributed by atoms with Crippen molar-refractivity contribution in [1.82, 2.24) is 0 Å². The van der Waals surface area contributed by atoms with Crippen LogP contribution in [-0.4, -0.2) is 37.2 Å². The number of hydrogen-bond donors (Lipinski definition) is 0. The normalized spacial score (nSPS) is 13.3. The second-order valence-corrected chi connectivity index (χ2v) is 20.6. The van der Waals surface area contributed by atoms with Crippen molar-refractivity contribution in [2.24, 2.45) is 0 Å². The minimum absolute atomic E-state index is 0.0988. The Morgan fingerprint density at radius 2 is 0.487 bits per heavy atom. The number of ether oxygens (including phenoxy) is 3. The Hall–Kier alpha value is -5.23. The molecule has 0 aliphatic carbocycles. The molecule has 0 aliphatic rings. The van der Waals surface area contributed by atoms with Gasteiger partial charge >= 0.3 is 17.9 Å². The van der Waals surface area contributed by atoms with Crippen LogP contribution in [0, 0.1) is 0 Å². The van der Waals surface area contributed by atoms with Gasteiger partial charge in [0.15, 0.2) is 6.10 Å². The van der Waals surface area contributed by atoms with E-state index in [9.17, 15) is 14.4 Å². The van der Waals surface area contributed by atoms with Gasteiger partial charge in [0.25, 0.3) is 0 Å². The number of unbranched alkanes of at least 4 members (excludes halogenated alkanes) is 17. The van der Waals surface area contributed by atoms with E-state index in [0.717, 1.165) is 173 Å². The molecule has 0 heterocycles. The standard InChI is InChI=1S/C74H116O6/c1-4-7-10-13-16-19-21-23-25-27-29-31-33-35-36-37-38-40-41-43-45-47-49-51-53-55-58-61-64-67-73(76)79-70-71(69-78-72(75)66-63-60-57-18-15-12-9-6-3)80-74(77)68-65-62-59-56-54-52-50-48-46-44-42-39-34-32-30-28-26-24-22-20-17-14-11-8-5-2/h7-8,10-11,16-17,19-20,23-26,29-32,35-36,38-40,42-43,45-46,48-49,51,71H,4-6,9,12-15,18,21-22,27-28,33-34,37,41,44,47,50,52-70H2,1-3H3/b10-7-,11-8-,19-16-,20-17-,25-23-,26-24-,31-29-,32-30-,36-35-,40-38-,42-39-,45-43-,48-46-,51-49-. The summed E-state index contributed by atoms with van der Waals surface area (Å²) in [4.78, 5) is 38.2. The first-order valence-electron chi connectivity index (χ1n) is 32.1. The molecule has 0 aromatic heterocycles. The fourth-order valence-corrected chi connectivity index (χ4v) is 8.23. The lowest BCUT2D eigenvalue weighted by Crippen LogP contribution is -2.30. The fraction of sp³-hybridized carbons (Fsp3) is 0.581. The maximum atomic E-state index is 12.9. The molecule has 0 aromatic carbocycles. The molecule has 1 unspecified atom stereocenters. The van der Waals surface area contributed by atoms with Crippen molar-refractivity contribution >= 4 is 17.9 Å². The summed E-state index contributed by atoms with van der Waals surface area (Å²) >= 11 is 0. The lowest BCUT2D eigenvalue weighted by atomic mass is 10.1. The van der Waals surface area contributed by atoms with Gasteiger partial charge < -0.3 is 14.2 Å². The Kier molecular flexibility index (Phi) is 61.9. The van der Waals surface area contributed by atoms with Gasteiger partial charge in [-0.2, -0.15) is 0 Å². The van der Waals surface area contributed by atoms with E-state index in [1.54, 1.807) is 0 Å². The van der Waals surface area contributed by atoms with Gasteiger partial charge in [-0.25, -0.2) is 0 Å². The zero-order valence-electron chi connectivity index (χ0n) is 51.3. The largest absolute Gasteiger partial charge is 0.462 e. The molecule has 0 fully saturated rings. The van der Waals surface area contributed by atoms with Crippen LogP contribution in [0.1, 0.15) is 258 Å². The van der Waals surface area contributed by atoms with E-state index >= 15 is 0 Å². The second kappa shape index (κ2) is 66.3. The minimum atomic E-state index is -0.804. The highest BCUT2D eigenvalue weighted by Gasteiger charge is 2.19. The van der Waals surface area contributed by atoms with Crippen LogP contribution in [0.3, 0.4) is 0 Å². The Morgan fingerprint density at radius 1 is 0.263 bits per heavy atom. The van der Waals surface area contributed by atoms with Crippen molar-refractivity contribution in [3.05, 3.63) is 170 Å². The highest BCUT2D eigenvalue weighted by Crippen LogP contribution is 2.14. The van der Waals surface area contributed by atoms with Gasteiger partial charge in [-0.15, -0.1) is 0 Å². The number of rotatable bonds is 56. The van der Waals surface area contributed by atoms with E-state index in [4.69, 9.17) is 14.2 Å². The summed E-state index contributed by atoms with van der Waals surface area (Å²) in [6.45, 7) is 6.34. The molecule has 0 saturated heterocycles. The monoisotopic (exact) mass is 1100 g/mol. The fourth-order valence-electron chi connectivity index (χ4n) is 8.23. The van der Waals surface area contributed by atoms with E-state index in [-0.39, 0.29) is 31.1 Å². The average molecular weight is 1100 g/mol. The molecule has 80 heavy (non-hydrogen) atoms. The molecule has 0 saturated carbocycles. The van der Waals surface area contributed by atoms with Crippen molar-refractivity contribution in [1.29, 1.82) is 0 Å². The average Bonchev–Trinajstić information content (AvgIpc) is 3.46. The molecule has 448 valence electrons. The maximum absolute atomic E-state index is 12.9. The maximum Gasteiger partial charge on any atom is 0.306 e. The Balaban J connectivity index is 4.33. The van der Waals surface area contributed by atoms with Gasteiger partial charge in [-0.1, -0.05) is 274 Å². The van der Waals surface area contributed by atoms with E-state index in [2.05, 4.69) is 191 Å². The molecular formula is C74H116O6. The predicted molar refractivity (Wildman–Crippen MR) is 348 cm³/mol. The van der Waals surface area contributed by atoms with Crippen molar-refractivity contribution in [2.45, 2.75) is 264 Å². The molecular weight excluding hydrogens is 985 g/mol. The van der Waals surface area contributed by atoms with E-state index in [1.165, 1.54) is 44.9 Å². The lowest BCUT2D eigenvalue weighted by Gasteiger charge is -2.18. The van der Waals surface area contributed by atoms with Crippen LogP contribution in [0.5, 0.6) is 0 Å². The molecule has 6 nitrogen and oxygen atoms in total. The molecule has 0 rings (SSSR count). The Labute approximate surface area is 492 Å². The first-order valence-corrected chi connectivity index (χ1v) is 32.1. The van der Waals surface area contributed by atoms with Crippen molar-refractivity contribution in [2.75, 3.05) is 13.2 Å². The second-order valence-electron chi connectivity index (χ2n) is 20.6. The van der Waals surface area contributed by atoms with Gasteiger partial charge in [0, 0.05) is 19.3 Å². The van der Waals surface area contributed by atoms with Crippen LogP contribution < -0.4 is 0 Å². The Morgan fingerprint density at radius 3 is 0.762 bits per heavy atom. The minimum Gasteiger partial charge on any atom is -0.462 e. The molecule has 0 bridgehead atoms. The number of esters is 3. The zero-order valence-corrected chi connectivity index (χ0v) is 51.3. The van der Waals surface area contributed by atoms with Gasteiger partial charge in [0.2, 0.25) is 0 Å². The highest BCUT2D eigenvalue weighted by molar-refractivity contribution is 5.71. The molecule has 0 spiro atoms. The quantitative estimate of drug-likeness (QED) is 0.0261. The lowest BCUT2D eigenvalue weighted by molar-refractivity contribution is -0.167. The zero-order chi connectivity index (χ0) is 57.8. The topological polar surface area (TPSA) is 78.9 Å². The molecule has 0 radical (unpaired) electrons. The van der Waals surface area contributed by atoms with Gasteiger partial charge in [-0.3, -0.25) is 14.4 Å². The summed E-state index contributed by atoms with van der Waals surface area (Å²) in [6, 6.07) is 0. The van der Waals surface area contributed by atoms with Gasteiger partial charge in [0.1, 0.15) is 13.2 Å². The van der Waals surface area contributed by atoms with Crippen LogP contribution in [0.2, 0.25) is 0 Å². The van der Waals surface area contributed by atoms with Gasteiger partial charge in [-0.05, 0) is 135 Å². The third-order valence-corrected chi connectivity index (χ3v) is 13.0. The smallest absolute Gasteiger partial charge is 0.306 e. The van der Waals surface area contributed by atoms with Crippen molar-refractivity contribution < 1.29 is 28.6 Å². The number of carbonyl (C=O) groups excluding carboxylic acids is 3. The third kappa shape index (κ3) is 63.6. The molecule has 0 N–H and O–H groups in total. The molecule has 0 aliphatic heterocycles. The SMILES string of the molecule is CC/C=C\C/C=C\C/C=C\C/C=C\C/C=C\C/C=C\C/C=C\C/C=C\CCCCCCC(=O)OCC(COC(=O)CCCCCCCCCC)OC(=O)CCCCCCCC/C=C\C/C=C\C/C=C\C/C=C\C/C=C\C/C=C\CC. The number of allylic oxidation sites excluding steroid dienone is 28. The van der Waals surface area contributed by atoms with Crippen molar-refractivity contribution in [3.8, 4) is 0 Å². The van der Waals surface area contributed by atoms with Crippen LogP contribution in [0.4, 0.5) is 0 Å². The van der Waals surface area contributed by atoms with E-state index in [1.807, 2.05) is 0 Å². The summed E-state index contributed by atoms with van der Waals surface area (Å²) in [5, 5.41) is 0.